The van der Waals surface area contributed by atoms with Crippen LogP contribution in [-0.4, -0.2) is 18.5 Å². The largest absolute Gasteiger partial charge is 0.461 e. The van der Waals surface area contributed by atoms with Crippen molar-refractivity contribution in [2.75, 3.05) is 19.3 Å². The highest BCUT2D eigenvalue weighted by atomic mass is 16.3. The molecule has 0 saturated carbocycles. The number of furan rings is 1. The van der Waals surface area contributed by atoms with E-state index in [4.69, 9.17) is 10.2 Å². The van der Waals surface area contributed by atoms with Crippen LogP contribution in [0.4, 0.5) is 5.69 Å². The number of fused-ring (bicyclic) bond motifs is 1. The number of aryl methyl sites for hydroxylation is 1. The Bertz CT molecular complexity index is 762. The Balaban J connectivity index is 1.71. The van der Waals surface area contributed by atoms with E-state index in [0.29, 0.717) is 0 Å². The molecule has 0 saturated heterocycles. The van der Waals surface area contributed by atoms with Gasteiger partial charge in [0.2, 0.25) is 0 Å². The molecule has 2 aromatic carbocycles. The summed E-state index contributed by atoms with van der Waals surface area (Å²) in [5, 5.41) is 1.14. The molecule has 0 radical (unpaired) electrons. The van der Waals surface area contributed by atoms with Gasteiger partial charge >= 0.3 is 0 Å². The molecular weight excluding hydrogens is 272 g/mol. The second-order valence-corrected chi connectivity index (χ2v) is 5.87. The summed E-state index contributed by atoms with van der Waals surface area (Å²) in [4.78, 5) is 2.33. The number of nitrogen functional groups attached to an aromatic ring is 1. The molecular formula is C19H22N2O. The Labute approximate surface area is 131 Å². The molecule has 2 N–H and O–H groups in total. The molecule has 0 bridgehead atoms. The maximum atomic E-state index is 5.91. The number of anilines is 1. The predicted molar refractivity (Wildman–Crippen MR) is 91.8 cm³/mol. The molecule has 3 heteroatoms. The summed E-state index contributed by atoms with van der Waals surface area (Å²) >= 11 is 0. The monoisotopic (exact) mass is 294 g/mol. The van der Waals surface area contributed by atoms with E-state index in [1.807, 2.05) is 25.1 Å². The van der Waals surface area contributed by atoms with Gasteiger partial charge in [0.15, 0.2) is 0 Å². The van der Waals surface area contributed by atoms with Crippen molar-refractivity contribution in [3.63, 3.8) is 0 Å². The van der Waals surface area contributed by atoms with Crippen molar-refractivity contribution in [3.8, 4) is 0 Å². The van der Waals surface area contributed by atoms with Gasteiger partial charge in [-0.05, 0) is 44.2 Å². The van der Waals surface area contributed by atoms with Gasteiger partial charge < -0.3 is 15.1 Å². The predicted octanol–water partition coefficient (Wildman–Crippen LogP) is 4.00. The number of likely N-dealkylation sites (N-methyl/N-ethyl adjacent to an activating group) is 1. The number of hydrogen-bond donors (Lipinski definition) is 1. The summed E-state index contributed by atoms with van der Waals surface area (Å²) < 4.78 is 5.83. The van der Waals surface area contributed by atoms with Crippen LogP contribution in [0.15, 0.2) is 52.9 Å². The molecule has 0 atom stereocenters. The van der Waals surface area contributed by atoms with Crippen molar-refractivity contribution in [1.82, 2.24) is 4.90 Å². The minimum Gasteiger partial charge on any atom is -0.461 e. The van der Waals surface area contributed by atoms with Crippen molar-refractivity contribution in [2.45, 2.75) is 19.9 Å². The molecule has 0 aliphatic heterocycles. The summed E-state index contributed by atoms with van der Waals surface area (Å²) in [5.41, 5.74) is 10.2. The number of hydrogen-bond acceptors (Lipinski definition) is 3. The van der Waals surface area contributed by atoms with Crippen LogP contribution in [0.25, 0.3) is 11.0 Å². The first-order valence-electron chi connectivity index (χ1n) is 7.63. The SMILES string of the molecule is Cc1oc2ccc(N)cc2c1CCN(C)Cc1ccccc1. The van der Waals surface area contributed by atoms with Crippen molar-refractivity contribution in [3.05, 3.63) is 65.4 Å². The highest BCUT2D eigenvalue weighted by molar-refractivity contribution is 5.85. The second kappa shape index (κ2) is 6.24. The summed E-state index contributed by atoms with van der Waals surface area (Å²) in [6.45, 7) is 3.97. The van der Waals surface area contributed by atoms with Crippen LogP contribution in [0.5, 0.6) is 0 Å². The molecule has 114 valence electrons. The first-order chi connectivity index (χ1) is 10.6. The fourth-order valence-electron chi connectivity index (χ4n) is 2.88. The van der Waals surface area contributed by atoms with E-state index >= 15 is 0 Å². The van der Waals surface area contributed by atoms with Crippen molar-refractivity contribution < 1.29 is 4.42 Å². The molecule has 1 heterocycles. The normalized spacial score (nSPS) is 11.4. The Morgan fingerprint density at radius 2 is 1.86 bits per heavy atom. The zero-order valence-corrected chi connectivity index (χ0v) is 13.2. The van der Waals surface area contributed by atoms with Crippen molar-refractivity contribution in [2.24, 2.45) is 0 Å². The Hall–Kier alpha value is -2.26. The molecule has 1 aromatic heterocycles. The Morgan fingerprint density at radius 3 is 2.64 bits per heavy atom. The molecule has 0 amide bonds. The molecule has 0 aliphatic rings. The van der Waals surface area contributed by atoms with E-state index in [2.05, 4.69) is 42.3 Å². The molecule has 22 heavy (non-hydrogen) atoms. The smallest absolute Gasteiger partial charge is 0.134 e. The second-order valence-electron chi connectivity index (χ2n) is 5.87. The fraction of sp³-hybridized carbons (Fsp3) is 0.263. The van der Waals surface area contributed by atoms with Gasteiger partial charge in [0, 0.05) is 29.7 Å². The van der Waals surface area contributed by atoms with Gasteiger partial charge in [0.05, 0.1) is 0 Å². The maximum absolute atomic E-state index is 5.91. The van der Waals surface area contributed by atoms with E-state index in [-0.39, 0.29) is 0 Å². The van der Waals surface area contributed by atoms with Crippen molar-refractivity contribution in [1.29, 1.82) is 0 Å². The lowest BCUT2D eigenvalue weighted by Crippen LogP contribution is -2.20. The number of nitrogens with zero attached hydrogens (tertiary/aromatic N) is 1. The minimum atomic E-state index is 0.784. The minimum absolute atomic E-state index is 0.784. The Morgan fingerprint density at radius 1 is 1.09 bits per heavy atom. The molecule has 3 rings (SSSR count). The van der Waals surface area contributed by atoms with Crippen LogP contribution < -0.4 is 5.73 Å². The lowest BCUT2D eigenvalue weighted by atomic mass is 10.1. The van der Waals surface area contributed by atoms with Gasteiger partial charge in [-0.1, -0.05) is 30.3 Å². The van der Waals surface area contributed by atoms with Crippen LogP contribution in [0, 0.1) is 6.92 Å². The number of rotatable bonds is 5. The van der Waals surface area contributed by atoms with Crippen LogP contribution in [-0.2, 0) is 13.0 Å². The molecule has 0 aliphatic carbocycles. The topological polar surface area (TPSA) is 42.4 Å². The van der Waals surface area contributed by atoms with Gasteiger partial charge in [-0.3, -0.25) is 0 Å². The average Bonchev–Trinajstić information content (AvgIpc) is 2.81. The van der Waals surface area contributed by atoms with Crippen LogP contribution in [0.1, 0.15) is 16.9 Å². The van der Waals surface area contributed by atoms with Gasteiger partial charge in [-0.25, -0.2) is 0 Å². The van der Waals surface area contributed by atoms with Gasteiger partial charge in [-0.2, -0.15) is 0 Å². The van der Waals surface area contributed by atoms with Crippen LogP contribution in [0.3, 0.4) is 0 Å². The zero-order valence-electron chi connectivity index (χ0n) is 13.2. The summed E-state index contributed by atoms with van der Waals surface area (Å²) in [6, 6.07) is 16.4. The van der Waals surface area contributed by atoms with E-state index in [0.717, 1.165) is 41.9 Å². The van der Waals surface area contributed by atoms with E-state index in [1.54, 1.807) is 0 Å². The summed E-state index contributed by atoms with van der Waals surface area (Å²) in [7, 11) is 2.15. The van der Waals surface area contributed by atoms with Crippen LogP contribution in [0.2, 0.25) is 0 Å². The zero-order chi connectivity index (χ0) is 15.5. The van der Waals surface area contributed by atoms with Gasteiger partial charge in [0.25, 0.3) is 0 Å². The highest BCUT2D eigenvalue weighted by Crippen LogP contribution is 2.27. The fourth-order valence-corrected chi connectivity index (χ4v) is 2.88. The number of benzene rings is 2. The highest BCUT2D eigenvalue weighted by Gasteiger charge is 2.12. The summed E-state index contributed by atoms with van der Waals surface area (Å²) in [6.07, 6.45) is 0.964. The van der Waals surface area contributed by atoms with E-state index < -0.39 is 0 Å². The molecule has 3 nitrogen and oxygen atoms in total. The van der Waals surface area contributed by atoms with Crippen molar-refractivity contribution >= 4 is 16.7 Å². The molecule has 0 spiro atoms. The van der Waals surface area contributed by atoms with Gasteiger partial charge in [-0.15, -0.1) is 0 Å². The third-order valence-corrected chi connectivity index (χ3v) is 4.06. The lowest BCUT2D eigenvalue weighted by Gasteiger charge is -2.16. The Kier molecular flexibility index (Phi) is 4.16. The molecule has 3 aromatic rings. The third-order valence-electron chi connectivity index (χ3n) is 4.06. The third kappa shape index (κ3) is 3.15. The van der Waals surface area contributed by atoms with E-state index in [9.17, 15) is 0 Å². The maximum Gasteiger partial charge on any atom is 0.134 e. The first-order valence-corrected chi connectivity index (χ1v) is 7.63. The summed E-state index contributed by atoms with van der Waals surface area (Å²) in [5.74, 6) is 0.994. The van der Waals surface area contributed by atoms with E-state index in [1.165, 1.54) is 11.1 Å². The lowest BCUT2D eigenvalue weighted by molar-refractivity contribution is 0.330. The van der Waals surface area contributed by atoms with Gasteiger partial charge in [0.1, 0.15) is 11.3 Å². The first kappa shape index (κ1) is 14.7. The quantitative estimate of drug-likeness (QED) is 0.723. The molecule has 0 unspecified atom stereocenters. The van der Waals surface area contributed by atoms with Crippen LogP contribution >= 0.6 is 0 Å². The number of nitrogens with two attached hydrogens (primary N) is 1. The average molecular weight is 294 g/mol. The molecule has 0 fully saturated rings. The standard InChI is InChI=1S/C19H22N2O/c1-14-17(18-12-16(20)8-9-19(18)22-14)10-11-21(2)13-15-6-4-3-5-7-15/h3-9,12H,10-11,13,20H2,1-2H3.